The van der Waals surface area contributed by atoms with E-state index in [0.29, 0.717) is 17.0 Å². The van der Waals surface area contributed by atoms with Crippen LogP contribution < -0.4 is 4.90 Å². The van der Waals surface area contributed by atoms with Gasteiger partial charge in [0.15, 0.2) is 5.60 Å². The van der Waals surface area contributed by atoms with Gasteiger partial charge in [-0.2, -0.15) is 0 Å². The molecule has 5 heteroatoms. The molecule has 1 N–H and O–H groups in total. The lowest BCUT2D eigenvalue weighted by Gasteiger charge is -2.22. The van der Waals surface area contributed by atoms with E-state index >= 15 is 0 Å². The summed E-state index contributed by atoms with van der Waals surface area (Å²) in [6.07, 6.45) is 0.397. The molecule has 1 unspecified atom stereocenters. The summed E-state index contributed by atoms with van der Waals surface area (Å²) in [6, 6.07) is 14.2. The number of carbonyl (C=O) groups excluding carboxylic acids is 2. The number of hydrogen-bond donors (Lipinski definition) is 1. The van der Waals surface area contributed by atoms with Gasteiger partial charge in [-0.3, -0.25) is 9.59 Å². The molecule has 0 radical (unpaired) electrons. The first kappa shape index (κ1) is 15.5. The van der Waals surface area contributed by atoms with Crippen molar-refractivity contribution in [1.82, 2.24) is 0 Å². The second-order valence-corrected chi connectivity index (χ2v) is 5.77. The van der Waals surface area contributed by atoms with Crippen molar-refractivity contribution in [3.05, 3.63) is 76.8 Å². The molecule has 0 saturated carbocycles. The van der Waals surface area contributed by atoms with Crippen molar-refractivity contribution in [1.29, 1.82) is 0 Å². The second kappa shape index (κ2) is 5.65. The number of aliphatic hydroxyl groups is 1. The molecule has 1 atom stereocenters. The predicted octanol–water partition coefficient (Wildman–Crippen LogP) is 2.83. The molecule has 4 nitrogen and oxygen atoms in total. The maximum Gasteiger partial charge on any atom is 0.268 e. The van der Waals surface area contributed by atoms with Gasteiger partial charge in [-0.1, -0.05) is 60.6 Å². The van der Waals surface area contributed by atoms with Gasteiger partial charge in [0.2, 0.25) is 0 Å². The fourth-order valence-corrected chi connectivity index (χ4v) is 3.08. The highest BCUT2D eigenvalue weighted by Crippen LogP contribution is 2.47. The number of para-hydroxylation sites is 1. The van der Waals surface area contributed by atoms with Crippen molar-refractivity contribution < 1.29 is 14.7 Å². The van der Waals surface area contributed by atoms with Crippen molar-refractivity contribution in [3.8, 4) is 0 Å². The molecule has 23 heavy (non-hydrogen) atoms. The Morgan fingerprint density at radius 2 is 1.91 bits per heavy atom. The van der Waals surface area contributed by atoms with Crippen LogP contribution in [0.2, 0.25) is 5.02 Å². The van der Waals surface area contributed by atoms with Crippen LogP contribution in [0, 0.1) is 0 Å². The number of benzene rings is 2. The molecule has 0 bridgehead atoms. The average molecular weight is 328 g/mol. The van der Waals surface area contributed by atoms with Gasteiger partial charge >= 0.3 is 0 Å². The Morgan fingerprint density at radius 1 is 1.22 bits per heavy atom. The summed E-state index contributed by atoms with van der Waals surface area (Å²) in [6.45, 7) is 3.78. The van der Waals surface area contributed by atoms with E-state index in [9.17, 15) is 14.7 Å². The molecule has 1 heterocycles. The molecule has 0 saturated heterocycles. The Balaban J connectivity index is 2.15. The lowest BCUT2D eigenvalue weighted by Crippen LogP contribution is -2.41. The van der Waals surface area contributed by atoms with E-state index in [1.165, 1.54) is 4.90 Å². The first-order chi connectivity index (χ1) is 11.0. The van der Waals surface area contributed by atoms with E-state index in [4.69, 9.17) is 11.6 Å². The molecule has 3 rings (SSSR count). The van der Waals surface area contributed by atoms with Crippen LogP contribution in [-0.4, -0.2) is 17.3 Å². The molecule has 0 fully saturated rings. The summed E-state index contributed by atoms with van der Waals surface area (Å²) < 4.78 is 0. The Bertz CT molecular complexity index is 803. The number of rotatable bonds is 4. The van der Waals surface area contributed by atoms with Crippen molar-refractivity contribution >= 4 is 29.5 Å². The highest BCUT2D eigenvalue weighted by Gasteiger charge is 2.52. The highest BCUT2D eigenvalue weighted by atomic mass is 35.5. The molecule has 1 aliphatic rings. The number of amides is 1. The summed E-state index contributed by atoms with van der Waals surface area (Å²) in [5.74, 6) is -0.624. The topological polar surface area (TPSA) is 57.6 Å². The van der Waals surface area contributed by atoms with Gasteiger partial charge < -0.3 is 10.0 Å². The third-order valence-electron chi connectivity index (χ3n) is 3.99. The molecular formula is C18H14ClNO3. The maximum atomic E-state index is 12.8. The average Bonchev–Trinajstić information content (AvgIpc) is 2.79. The van der Waals surface area contributed by atoms with Crippen LogP contribution >= 0.6 is 11.6 Å². The van der Waals surface area contributed by atoms with Gasteiger partial charge in [0.05, 0.1) is 17.3 Å². The Kier molecular flexibility index (Phi) is 3.80. The third kappa shape index (κ3) is 2.27. The van der Waals surface area contributed by atoms with E-state index in [2.05, 4.69) is 6.58 Å². The molecule has 0 spiro atoms. The summed E-state index contributed by atoms with van der Waals surface area (Å²) in [7, 11) is 0. The number of carbonyl (C=O) groups is 2. The lowest BCUT2D eigenvalue weighted by molar-refractivity contribution is -0.134. The largest absolute Gasteiger partial charge is 0.372 e. The van der Waals surface area contributed by atoms with Crippen molar-refractivity contribution in [2.45, 2.75) is 12.1 Å². The third-order valence-corrected chi connectivity index (χ3v) is 4.30. The minimum absolute atomic E-state index is 0.207. The quantitative estimate of drug-likeness (QED) is 0.694. The Hall–Kier alpha value is -2.43. The standard InChI is InChI=1S/C18H14ClNO3/c1-12(11-21)18(23)14-8-5-9-15(19)16(14)20(17(18)22)10-13-6-3-2-4-7-13/h2-9,11,23H,1,10H2. The summed E-state index contributed by atoms with van der Waals surface area (Å²) in [5.41, 5.74) is -0.706. The monoisotopic (exact) mass is 327 g/mol. The highest BCUT2D eigenvalue weighted by molar-refractivity contribution is 6.35. The van der Waals surface area contributed by atoms with Crippen molar-refractivity contribution in [2.24, 2.45) is 0 Å². The van der Waals surface area contributed by atoms with Gasteiger partial charge in [-0.05, 0) is 11.6 Å². The molecule has 1 amide bonds. The van der Waals surface area contributed by atoms with E-state index in [0.717, 1.165) is 5.56 Å². The number of aldehydes is 1. The smallest absolute Gasteiger partial charge is 0.268 e. The van der Waals surface area contributed by atoms with Crippen molar-refractivity contribution in [3.63, 3.8) is 0 Å². The van der Waals surface area contributed by atoms with Gasteiger partial charge in [0.1, 0.15) is 6.29 Å². The minimum Gasteiger partial charge on any atom is -0.372 e. The molecule has 0 aromatic heterocycles. The number of anilines is 1. The summed E-state index contributed by atoms with van der Waals surface area (Å²) in [4.78, 5) is 25.4. The minimum atomic E-state index is -2.07. The van der Waals surface area contributed by atoms with E-state index in [1.807, 2.05) is 30.3 Å². The summed E-state index contributed by atoms with van der Waals surface area (Å²) >= 11 is 6.25. The molecular weight excluding hydrogens is 314 g/mol. The van der Waals surface area contributed by atoms with E-state index in [-0.39, 0.29) is 17.7 Å². The van der Waals surface area contributed by atoms with Crippen LogP contribution in [-0.2, 0) is 21.7 Å². The molecule has 0 aliphatic carbocycles. The van der Waals surface area contributed by atoms with Crippen LogP contribution in [0.1, 0.15) is 11.1 Å². The fourth-order valence-electron chi connectivity index (χ4n) is 2.81. The molecule has 2 aromatic rings. The van der Waals surface area contributed by atoms with Crippen LogP contribution in [0.3, 0.4) is 0 Å². The second-order valence-electron chi connectivity index (χ2n) is 5.37. The summed E-state index contributed by atoms with van der Waals surface area (Å²) in [5, 5.41) is 11.2. The molecule has 116 valence electrons. The number of nitrogens with zero attached hydrogens (tertiary/aromatic N) is 1. The Labute approximate surface area is 138 Å². The SMILES string of the molecule is C=C(C=O)C1(O)C(=O)N(Cc2ccccc2)c2c(Cl)cccc21. The number of hydrogen-bond acceptors (Lipinski definition) is 3. The molecule has 1 aliphatic heterocycles. The van der Waals surface area contributed by atoms with Gasteiger partial charge in [0.25, 0.3) is 5.91 Å². The van der Waals surface area contributed by atoms with Crippen molar-refractivity contribution in [2.75, 3.05) is 4.90 Å². The van der Waals surface area contributed by atoms with E-state index < -0.39 is 11.5 Å². The predicted molar refractivity (Wildman–Crippen MR) is 88.2 cm³/mol. The van der Waals surface area contributed by atoms with Crippen LogP contribution in [0.25, 0.3) is 0 Å². The zero-order valence-electron chi connectivity index (χ0n) is 12.2. The first-order valence-corrected chi connectivity index (χ1v) is 7.39. The van der Waals surface area contributed by atoms with Crippen LogP contribution in [0.15, 0.2) is 60.7 Å². The van der Waals surface area contributed by atoms with Gasteiger partial charge in [-0.15, -0.1) is 0 Å². The first-order valence-electron chi connectivity index (χ1n) is 7.02. The van der Waals surface area contributed by atoms with Crippen LogP contribution in [0.4, 0.5) is 5.69 Å². The number of halogens is 1. The maximum absolute atomic E-state index is 12.8. The van der Waals surface area contributed by atoms with Gasteiger partial charge in [-0.25, -0.2) is 0 Å². The molecule has 2 aromatic carbocycles. The zero-order valence-corrected chi connectivity index (χ0v) is 13.0. The van der Waals surface area contributed by atoms with Gasteiger partial charge in [0, 0.05) is 11.1 Å². The normalized spacial score (nSPS) is 19.6. The van der Waals surface area contributed by atoms with E-state index in [1.54, 1.807) is 18.2 Å². The number of fused-ring (bicyclic) bond motifs is 1. The Morgan fingerprint density at radius 3 is 2.57 bits per heavy atom. The zero-order chi connectivity index (χ0) is 16.6. The van der Waals surface area contributed by atoms with Crippen LogP contribution in [0.5, 0.6) is 0 Å². The fraction of sp³-hybridized carbons (Fsp3) is 0.111. The lowest BCUT2D eigenvalue weighted by atomic mass is 9.89.